The van der Waals surface area contributed by atoms with Crippen LogP contribution in [-0.4, -0.2) is 19.7 Å². The monoisotopic (exact) mass is 287 g/mol. The third-order valence-corrected chi connectivity index (χ3v) is 4.36. The van der Waals surface area contributed by atoms with Gasteiger partial charge in [-0.1, -0.05) is 36.8 Å². The normalized spacial score (nSPS) is 23.5. The van der Waals surface area contributed by atoms with Gasteiger partial charge in [0.15, 0.2) is 0 Å². The van der Waals surface area contributed by atoms with Crippen molar-refractivity contribution in [2.24, 2.45) is 11.8 Å². The zero-order valence-corrected chi connectivity index (χ0v) is 13.9. The second-order valence-corrected chi connectivity index (χ2v) is 6.62. The summed E-state index contributed by atoms with van der Waals surface area (Å²) >= 11 is 0. The van der Waals surface area contributed by atoms with Crippen molar-refractivity contribution in [3.05, 3.63) is 41.5 Å². The molecule has 0 bridgehead atoms. The summed E-state index contributed by atoms with van der Waals surface area (Å²) in [5, 5.41) is 3.71. The number of para-hydroxylation sites is 1. The van der Waals surface area contributed by atoms with Gasteiger partial charge in [0.1, 0.15) is 5.75 Å². The van der Waals surface area contributed by atoms with Gasteiger partial charge in [0.2, 0.25) is 0 Å². The van der Waals surface area contributed by atoms with E-state index in [1.165, 1.54) is 18.4 Å². The van der Waals surface area contributed by atoms with E-state index in [1.807, 2.05) is 12.1 Å². The first-order valence-electron chi connectivity index (χ1n) is 8.11. The van der Waals surface area contributed by atoms with Gasteiger partial charge in [-0.2, -0.15) is 0 Å². The standard InChI is InChI=1S/C19H29NO/c1-14-9-15(2)11-17(10-14)13-20-16(3)12-18-7-5-6-8-19(18)21-4/h5-9,14,16-17,20H,10-13H2,1-4H3. The molecule has 2 heteroatoms. The van der Waals surface area contributed by atoms with Crippen LogP contribution in [0.4, 0.5) is 0 Å². The molecule has 2 rings (SSSR count). The van der Waals surface area contributed by atoms with Crippen LogP contribution in [0.2, 0.25) is 0 Å². The highest BCUT2D eigenvalue weighted by atomic mass is 16.5. The molecule has 0 amide bonds. The lowest BCUT2D eigenvalue weighted by atomic mass is 9.83. The molecule has 0 fully saturated rings. The first kappa shape index (κ1) is 16.1. The van der Waals surface area contributed by atoms with E-state index in [2.05, 4.69) is 44.3 Å². The van der Waals surface area contributed by atoms with Gasteiger partial charge in [-0.15, -0.1) is 0 Å². The summed E-state index contributed by atoms with van der Waals surface area (Å²) < 4.78 is 5.43. The molecule has 0 aromatic heterocycles. The van der Waals surface area contributed by atoms with Gasteiger partial charge in [-0.25, -0.2) is 0 Å². The molecule has 1 aliphatic rings. The van der Waals surface area contributed by atoms with Crippen molar-refractivity contribution in [2.75, 3.05) is 13.7 Å². The van der Waals surface area contributed by atoms with Crippen LogP contribution in [0, 0.1) is 11.8 Å². The minimum absolute atomic E-state index is 0.475. The number of benzene rings is 1. The summed E-state index contributed by atoms with van der Waals surface area (Å²) in [7, 11) is 1.75. The second-order valence-electron chi connectivity index (χ2n) is 6.62. The molecule has 0 radical (unpaired) electrons. The maximum absolute atomic E-state index is 5.43. The van der Waals surface area contributed by atoms with E-state index < -0.39 is 0 Å². The Hall–Kier alpha value is -1.28. The highest BCUT2D eigenvalue weighted by Gasteiger charge is 2.18. The second kappa shape index (κ2) is 7.65. The average molecular weight is 287 g/mol. The maximum atomic E-state index is 5.43. The highest BCUT2D eigenvalue weighted by Crippen LogP contribution is 2.27. The van der Waals surface area contributed by atoms with Gasteiger partial charge in [0.05, 0.1) is 7.11 Å². The van der Waals surface area contributed by atoms with Crippen LogP contribution in [0.15, 0.2) is 35.9 Å². The number of ether oxygens (including phenoxy) is 1. The van der Waals surface area contributed by atoms with Crippen molar-refractivity contribution in [1.82, 2.24) is 5.32 Å². The van der Waals surface area contributed by atoms with Crippen LogP contribution in [0.1, 0.15) is 39.2 Å². The Morgan fingerprint density at radius 3 is 2.81 bits per heavy atom. The smallest absolute Gasteiger partial charge is 0.122 e. The number of hydrogen-bond donors (Lipinski definition) is 1. The van der Waals surface area contributed by atoms with E-state index >= 15 is 0 Å². The highest BCUT2D eigenvalue weighted by molar-refractivity contribution is 5.33. The Morgan fingerprint density at radius 2 is 2.10 bits per heavy atom. The lowest BCUT2D eigenvalue weighted by molar-refractivity contribution is 0.361. The molecule has 1 aromatic carbocycles. The van der Waals surface area contributed by atoms with Crippen LogP contribution >= 0.6 is 0 Å². The van der Waals surface area contributed by atoms with E-state index in [1.54, 1.807) is 12.7 Å². The van der Waals surface area contributed by atoms with Crippen molar-refractivity contribution in [2.45, 2.75) is 46.1 Å². The molecule has 1 aliphatic carbocycles. The molecule has 1 aromatic rings. The average Bonchev–Trinajstić information content (AvgIpc) is 2.45. The molecule has 0 aliphatic heterocycles. The van der Waals surface area contributed by atoms with Gasteiger partial charge < -0.3 is 10.1 Å². The predicted octanol–water partition coefficient (Wildman–Crippen LogP) is 4.21. The molecule has 3 unspecified atom stereocenters. The SMILES string of the molecule is COc1ccccc1CC(C)NCC1CC(C)=CC(C)C1. The Balaban J connectivity index is 1.82. The molecule has 21 heavy (non-hydrogen) atoms. The summed E-state index contributed by atoms with van der Waals surface area (Å²) in [4.78, 5) is 0. The van der Waals surface area contributed by atoms with E-state index in [9.17, 15) is 0 Å². The number of allylic oxidation sites excluding steroid dienone is 2. The Morgan fingerprint density at radius 1 is 1.33 bits per heavy atom. The van der Waals surface area contributed by atoms with Crippen LogP contribution in [0.25, 0.3) is 0 Å². The third kappa shape index (κ3) is 4.89. The lowest BCUT2D eigenvalue weighted by Crippen LogP contribution is -2.34. The lowest BCUT2D eigenvalue weighted by Gasteiger charge is -2.27. The van der Waals surface area contributed by atoms with Crippen LogP contribution in [-0.2, 0) is 6.42 Å². The zero-order valence-electron chi connectivity index (χ0n) is 13.9. The first-order valence-corrected chi connectivity index (χ1v) is 8.11. The molecule has 1 N–H and O–H groups in total. The molecule has 0 heterocycles. The minimum Gasteiger partial charge on any atom is -0.496 e. The summed E-state index contributed by atoms with van der Waals surface area (Å²) in [5.74, 6) is 2.51. The predicted molar refractivity (Wildman–Crippen MR) is 89.8 cm³/mol. The maximum Gasteiger partial charge on any atom is 0.122 e. The summed E-state index contributed by atoms with van der Waals surface area (Å²) in [6, 6.07) is 8.79. The molecule has 0 spiro atoms. The Bertz CT molecular complexity index is 480. The molecule has 0 saturated heterocycles. The summed E-state index contributed by atoms with van der Waals surface area (Å²) in [6.07, 6.45) is 6.00. The van der Waals surface area contributed by atoms with Crippen molar-refractivity contribution in [1.29, 1.82) is 0 Å². The van der Waals surface area contributed by atoms with Crippen LogP contribution in [0.3, 0.4) is 0 Å². The van der Waals surface area contributed by atoms with Crippen molar-refractivity contribution in [3.8, 4) is 5.75 Å². The van der Waals surface area contributed by atoms with Crippen molar-refractivity contribution in [3.63, 3.8) is 0 Å². The molecule has 116 valence electrons. The third-order valence-electron chi connectivity index (χ3n) is 4.36. The Labute approximate surface area is 129 Å². The van der Waals surface area contributed by atoms with Gasteiger partial charge in [-0.3, -0.25) is 0 Å². The number of nitrogens with one attached hydrogen (secondary N) is 1. The fourth-order valence-electron chi connectivity index (χ4n) is 3.48. The molecule has 2 nitrogen and oxygen atoms in total. The van der Waals surface area contributed by atoms with Gasteiger partial charge in [0, 0.05) is 6.04 Å². The quantitative estimate of drug-likeness (QED) is 0.791. The van der Waals surface area contributed by atoms with Crippen LogP contribution < -0.4 is 10.1 Å². The summed E-state index contributed by atoms with van der Waals surface area (Å²) in [5.41, 5.74) is 2.84. The van der Waals surface area contributed by atoms with Gasteiger partial charge >= 0.3 is 0 Å². The number of hydrogen-bond acceptors (Lipinski definition) is 2. The van der Waals surface area contributed by atoms with E-state index in [4.69, 9.17) is 4.74 Å². The fourth-order valence-corrected chi connectivity index (χ4v) is 3.48. The van der Waals surface area contributed by atoms with Crippen molar-refractivity contribution < 1.29 is 4.74 Å². The largest absolute Gasteiger partial charge is 0.496 e. The summed E-state index contributed by atoms with van der Waals surface area (Å²) in [6.45, 7) is 7.97. The van der Waals surface area contributed by atoms with E-state index in [-0.39, 0.29) is 0 Å². The van der Waals surface area contributed by atoms with E-state index in [0.717, 1.165) is 30.6 Å². The molecule has 0 saturated carbocycles. The van der Waals surface area contributed by atoms with Crippen LogP contribution in [0.5, 0.6) is 5.75 Å². The van der Waals surface area contributed by atoms with E-state index in [0.29, 0.717) is 6.04 Å². The number of rotatable bonds is 6. The van der Waals surface area contributed by atoms with Crippen molar-refractivity contribution >= 4 is 0 Å². The Kier molecular flexibility index (Phi) is 5.86. The van der Waals surface area contributed by atoms with Gasteiger partial charge in [-0.05, 0) is 63.1 Å². The zero-order chi connectivity index (χ0) is 15.2. The minimum atomic E-state index is 0.475. The van der Waals surface area contributed by atoms with Gasteiger partial charge in [0.25, 0.3) is 0 Å². The number of methoxy groups -OCH3 is 1. The fraction of sp³-hybridized carbons (Fsp3) is 0.579. The molecular weight excluding hydrogens is 258 g/mol. The molecule has 3 atom stereocenters. The topological polar surface area (TPSA) is 21.3 Å². The molecular formula is C19H29NO. The first-order chi connectivity index (χ1) is 10.1.